The van der Waals surface area contributed by atoms with Crippen LogP contribution in [0.15, 0.2) is 22.8 Å². The van der Waals surface area contributed by atoms with Crippen LogP contribution in [0.5, 0.6) is 0 Å². The minimum Gasteiger partial charge on any atom is -0.313 e. The number of rotatable bonds is 5. The summed E-state index contributed by atoms with van der Waals surface area (Å²) in [6.07, 6.45) is 2.77. The lowest BCUT2D eigenvalue weighted by Gasteiger charge is -2.18. The highest BCUT2D eigenvalue weighted by atomic mass is 79.9. The molecular formula is C15H21BrN4. The molecule has 108 valence electrons. The minimum absolute atomic E-state index is 0.259. The van der Waals surface area contributed by atoms with E-state index in [1.54, 1.807) is 0 Å². The number of nitrogens with zero attached hydrogens (tertiary/aromatic N) is 3. The average Bonchev–Trinajstić information content (AvgIpc) is 2.71. The van der Waals surface area contributed by atoms with Gasteiger partial charge < -0.3 is 5.32 Å². The number of nitrogens with one attached hydrogen (secondary N) is 1. The fourth-order valence-electron chi connectivity index (χ4n) is 2.43. The number of pyridine rings is 1. The molecule has 0 amide bonds. The normalized spacial score (nSPS) is 12.7. The molecule has 5 heteroatoms. The number of hydrogen-bond acceptors (Lipinski definition) is 3. The van der Waals surface area contributed by atoms with Crippen molar-refractivity contribution < 1.29 is 0 Å². The van der Waals surface area contributed by atoms with Crippen molar-refractivity contribution in [3.8, 4) is 0 Å². The van der Waals surface area contributed by atoms with E-state index in [0.717, 1.165) is 28.8 Å². The second-order valence-electron chi connectivity index (χ2n) is 4.94. The topological polar surface area (TPSA) is 42.7 Å². The summed E-state index contributed by atoms with van der Waals surface area (Å²) in [5.41, 5.74) is 4.58. The predicted octanol–water partition coefficient (Wildman–Crippen LogP) is 3.18. The van der Waals surface area contributed by atoms with Gasteiger partial charge in [0.05, 0.1) is 15.9 Å². The summed E-state index contributed by atoms with van der Waals surface area (Å²) in [4.78, 5) is 4.26. The van der Waals surface area contributed by atoms with Gasteiger partial charge in [-0.05, 0) is 61.4 Å². The van der Waals surface area contributed by atoms with Gasteiger partial charge >= 0.3 is 0 Å². The molecule has 2 heterocycles. The van der Waals surface area contributed by atoms with Gasteiger partial charge in [-0.15, -0.1) is 0 Å². The summed E-state index contributed by atoms with van der Waals surface area (Å²) in [5.74, 6) is 0. The molecule has 0 bridgehead atoms. The molecule has 0 saturated carbocycles. The van der Waals surface area contributed by atoms with E-state index in [2.05, 4.69) is 55.1 Å². The van der Waals surface area contributed by atoms with E-state index >= 15 is 0 Å². The summed E-state index contributed by atoms with van der Waals surface area (Å²) >= 11 is 3.66. The molecule has 4 nitrogen and oxygen atoms in total. The van der Waals surface area contributed by atoms with Gasteiger partial charge in [0.1, 0.15) is 0 Å². The van der Waals surface area contributed by atoms with E-state index in [4.69, 9.17) is 0 Å². The molecular weight excluding hydrogens is 316 g/mol. The van der Waals surface area contributed by atoms with Crippen LogP contribution in [0.2, 0.25) is 0 Å². The van der Waals surface area contributed by atoms with Gasteiger partial charge in [0.15, 0.2) is 0 Å². The third-order valence-corrected chi connectivity index (χ3v) is 4.55. The Bertz CT molecular complexity index is 592. The first kappa shape index (κ1) is 15.2. The molecule has 2 rings (SSSR count). The SMILES string of the molecule is CCn1nc(C)c(Br)c1CC(NC)c1ccnc(C)c1. The van der Waals surface area contributed by atoms with Gasteiger partial charge in [0.2, 0.25) is 0 Å². The molecule has 2 aromatic rings. The van der Waals surface area contributed by atoms with Crippen molar-refractivity contribution in [2.24, 2.45) is 0 Å². The second-order valence-corrected chi connectivity index (χ2v) is 5.73. The maximum absolute atomic E-state index is 4.56. The largest absolute Gasteiger partial charge is 0.313 e. The van der Waals surface area contributed by atoms with Crippen LogP contribution in [0.3, 0.4) is 0 Å². The van der Waals surface area contributed by atoms with E-state index in [-0.39, 0.29) is 6.04 Å². The molecule has 1 N–H and O–H groups in total. The standard InChI is InChI=1S/C15H21BrN4/c1-5-20-14(15(16)11(3)19-20)9-13(17-4)12-6-7-18-10(2)8-12/h6-8,13,17H,5,9H2,1-4H3. The Morgan fingerprint density at radius 2 is 2.15 bits per heavy atom. The van der Waals surface area contributed by atoms with Crippen molar-refractivity contribution in [3.05, 3.63) is 45.4 Å². The van der Waals surface area contributed by atoms with Gasteiger partial charge in [-0.25, -0.2) is 0 Å². The highest BCUT2D eigenvalue weighted by Gasteiger charge is 2.18. The Morgan fingerprint density at radius 1 is 1.40 bits per heavy atom. The number of hydrogen-bond donors (Lipinski definition) is 1. The molecule has 0 fully saturated rings. The zero-order chi connectivity index (χ0) is 14.7. The van der Waals surface area contributed by atoms with Crippen molar-refractivity contribution >= 4 is 15.9 Å². The summed E-state index contributed by atoms with van der Waals surface area (Å²) in [6, 6.07) is 4.46. The van der Waals surface area contributed by atoms with Crippen molar-refractivity contribution in [3.63, 3.8) is 0 Å². The quantitative estimate of drug-likeness (QED) is 0.911. The molecule has 0 aliphatic heterocycles. The molecule has 0 aliphatic rings. The van der Waals surface area contributed by atoms with Crippen molar-refractivity contribution in [1.82, 2.24) is 20.1 Å². The van der Waals surface area contributed by atoms with E-state index < -0.39 is 0 Å². The van der Waals surface area contributed by atoms with Crippen LogP contribution in [0, 0.1) is 13.8 Å². The van der Waals surface area contributed by atoms with Gasteiger partial charge in [-0.3, -0.25) is 9.67 Å². The third kappa shape index (κ3) is 3.10. The maximum Gasteiger partial charge on any atom is 0.0738 e. The average molecular weight is 337 g/mol. The highest BCUT2D eigenvalue weighted by molar-refractivity contribution is 9.10. The van der Waals surface area contributed by atoms with Crippen LogP contribution >= 0.6 is 15.9 Å². The molecule has 0 aromatic carbocycles. The van der Waals surface area contributed by atoms with E-state index in [9.17, 15) is 0 Å². The molecule has 1 atom stereocenters. The van der Waals surface area contributed by atoms with Crippen LogP contribution in [-0.2, 0) is 13.0 Å². The zero-order valence-corrected chi connectivity index (χ0v) is 14.0. The Hall–Kier alpha value is -1.20. The van der Waals surface area contributed by atoms with Gasteiger partial charge in [-0.2, -0.15) is 5.10 Å². The Labute approximate surface area is 128 Å². The van der Waals surface area contributed by atoms with E-state index in [1.807, 2.05) is 27.1 Å². The highest BCUT2D eigenvalue weighted by Crippen LogP contribution is 2.26. The predicted molar refractivity (Wildman–Crippen MR) is 84.8 cm³/mol. The molecule has 0 aliphatic carbocycles. The molecule has 1 unspecified atom stereocenters. The fourth-order valence-corrected chi connectivity index (χ4v) is 2.87. The first-order valence-electron chi connectivity index (χ1n) is 6.88. The second kappa shape index (κ2) is 6.50. The fraction of sp³-hybridized carbons (Fsp3) is 0.467. The molecule has 0 radical (unpaired) electrons. The number of aromatic nitrogens is 3. The molecule has 2 aromatic heterocycles. The monoisotopic (exact) mass is 336 g/mol. The third-order valence-electron chi connectivity index (χ3n) is 3.52. The summed E-state index contributed by atoms with van der Waals surface area (Å²) in [6.45, 7) is 7.05. The van der Waals surface area contributed by atoms with E-state index in [1.165, 1.54) is 11.3 Å². The summed E-state index contributed by atoms with van der Waals surface area (Å²) < 4.78 is 3.18. The Kier molecular flexibility index (Phi) is 4.94. The zero-order valence-electron chi connectivity index (χ0n) is 12.4. The van der Waals surface area contributed by atoms with Crippen LogP contribution in [0.25, 0.3) is 0 Å². The lowest BCUT2D eigenvalue weighted by molar-refractivity contribution is 0.539. The summed E-state index contributed by atoms with van der Waals surface area (Å²) in [5, 5.41) is 7.95. The van der Waals surface area contributed by atoms with Crippen molar-refractivity contribution in [2.45, 2.75) is 39.8 Å². The Balaban J connectivity index is 2.31. The lowest BCUT2D eigenvalue weighted by atomic mass is 10.0. The first-order valence-corrected chi connectivity index (χ1v) is 7.67. The minimum atomic E-state index is 0.259. The smallest absolute Gasteiger partial charge is 0.0738 e. The molecule has 0 spiro atoms. The van der Waals surface area contributed by atoms with Crippen LogP contribution in [0.1, 0.15) is 35.6 Å². The molecule has 20 heavy (non-hydrogen) atoms. The Morgan fingerprint density at radius 3 is 2.75 bits per heavy atom. The van der Waals surface area contributed by atoms with Gasteiger partial charge in [-0.1, -0.05) is 0 Å². The number of likely N-dealkylation sites (N-methyl/N-ethyl adjacent to an activating group) is 1. The first-order chi connectivity index (χ1) is 9.56. The van der Waals surface area contributed by atoms with Crippen molar-refractivity contribution in [2.75, 3.05) is 7.05 Å². The number of halogens is 1. The van der Waals surface area contributed by atoms with Crippen LogP contribution in [0.4, 0.5) is 0 Å². The van der Waals surface area contributed by atoms with Crippen LogP contribution in [-0.4, -0.2) is 21.8 Å². The number of aryl methyl sites for hydroxylation is 3. The van der Waals surface area contributed by atoms with Gasteiger partial charge in [0.25, 0.3) is 0 Å². The van der Waals surface area contributed by atoms with Gasteiger partial charge in [0, 0.05) is 30.9 Å². The van der Waals surface area contributed by atoms with E-state index in [0.29, 0.717) is 0 Å². The lowest BCUT2D eigenvalue weighted by Crippen LogP contribution is -2.21. The maximum atomic E-state index is 4.56. The van der Waals surface area contributed by atoms with Crippen LogP contribution < -0.4 is 5.32 Å². The summed E-state index contributed by atoms with van der Waals surface area (Å²) in [7, 11) is 1.99. The molecule has 0 saturated heterocycles. The van der Waals surface area contributed by atoms with Crippen molar-refractivity contribution in [1.29, 1.82) is 0 Å².